The molecule has 2 aliphatic heterocycles. The summed E-state index contributed by atoms with van der Waals surface area (Å²) >= 11 is 0. The Hall–Kier alpha value is -1.18. The first-order chi connectivity index (χ1) is 6.16. The molecule has 0 radical (unpaired) electrons. The summed E-state index contributed by atoms with van der Waals surface area (Å²) in [6.07, 6.45) is -1.01. The third kappa shape index (κ3) is 1.48. The van der Waals surface area contributed by atoms with E-state index in [2.05, 4.69) is 21.3 Å². The maximum Gasteiger partial charge on any atom is 0.242 e. The van der Waals surface area contributed by atoms with Crippen LogP contribution in [0.2, 0.25) is 0 Å². The van der Waals surface area contributed by atoms with E-state index in [0.29, 0.717) is 0 Å². The molecule has 13 heavy (non-hydrogen) atoms. The van der Waals surface area contributed by atoms with Crippen molar-refractivity contribution in [3.05, 3.63) is 0 Å². The third-order valence-corrected chi connectivity index (χ3v) is 2.07. The van der Waals surface area contributed by atoms with Crippen LogP contribution in [-0.2, 0) is 9.59 Å². The van der Waals surface area contributed by atoms with Gasteiger partial charge in [-0.3, -0.25) is 26.0 Å². The highest BCUT2D eigenvalue weighted by Gasteiger charge is 2.38. The molecule has 2 heterocycles. The lowest BCUT2D eigenvalue weighted by atomic mass is 10.1. The number of nitrogens with one attached hydrogen (secondary N) is 4. The average Bonchev–Trinajstić information content (AvgIpc) is 2.02. The second-order valence-electron chi connectivity index (χ2n) is 3.06. The summed E-state index contributed by atoms with van der Waals surface area (Å²) < 4.78 is 0. The quantitative estimate of drug-likeness (QED) is 0.267. The number of hydrogen-bond donors (Lipinski definition) is 5. The monoisotopic (exact) mass is 185 g/mol. The fourth-order valence-corrected chi connectivity index (χ4v) is 1.49. The molecule has 2 fully saturated rings. The molecule has 2 rings (SSSR count). The molecule has 0 aliphatic carbocycles. The van der Waals surface area contributed by atoms with Gasteiger partial charge in [-0.1, -0.05) is 0 Å². The lowest BCUT2D eigenvalue weighted by molar-refractivity contribution is -0.132. The molecule has 0 spiro atoms. The number of rotatable bonds is 0. The second kappa shape index (κ2) is 2.95. The summed E-state index contributed by atoms with van der Waals surface area (Å²) in [5, 5.41) is 10.8. The van der Waals surface area contributed by atoms with Gasteiger partial charge in [0.15, 0.2) is 0 Å². The summed E-state index contributed by atoms with van der Waals surface area (Å²) in [6.45, 7) is 0.158. The van der Waals surface area contributed by atoms with Crippen molar-refractivity contribution in [1.29, 1.82) is 0 Å². The maximum absolute atomic E-state index is 11.3. The average molecular weight is 185 g/mol. The second-order valence-corrected chi connectivity index (χ2v) is 3.06. The van der Waals surface area contributed by atoms with Gasteiger partial charge in [0, 0.05) is 0 Å². The van der Waals surface area contributed by atoms with Gasteiger partial charge < -0.3 is 10.6 Å². The van der Waals surface area contributed by atoms with Gasteiger partial charge in [0.1, 0.15) is 18.5 Å². The lowest BCUT2D eigenvalue weighted by Crippen LogP contribution is -2.77. The fraction of sp³-hybridized carbons (Fsp3) is 0.667. The molecule has 7 heteroatoms. The van der Waals surface area contributed by atoms with E-state index in [-0.39, 0.29) is 18.4 Å². The van der Waals surface area contributed by atoms with E-state index in [1.165, 1.54) is 0 Å². The van der Waals surface area contributed by atoms with Crippen LogP contribution in [0.25, 0.3) is 0 Å². The molecular formula is C6H11N5O2. The van der Waals surface area contributed by atoms with E-state index in [0.717, 1.165) is 0 Å². The SMILES string of the molecule is NC1NC(=O)C2NCC(=O)NC2N1. The first-order valence-corrected chi connectivity index (χ1v) is 4.01. The van der Waals surface area contributed by atoms with E-state index in [4.69, 9.17) is 5.73 Å². The molecule has 0 saturated carbocycles. The molecule has 0 bridgehead atoms. The molecule has 0 aromatic heterocycles. The zero-order valence-corrected chi connectivity index (χ0v) is 6.83. The van der Waals surface area contributed by atoms with Crippen molar-refractivity contribution in [3.8, 4) is 0 Å². The number of fused-ring (bicyclic) bond motifs is 1. The Labute approximate surface area is 74.4 Å². The Kier molecular flexibility index (Phi) is 1.91. The number of carbonyl (C=O) groups excluding carboxylic acids is 2. The Morgan fingerprint density at radius 3 is 2.85 bits per heavy atom. The molecule has 72 valence electrons. The zero-order chi connectivity index (χ0) is 9.42. The number of carbonyl (C=O) groups is 2. The van der Waals surface area contributed by atoms with Crippen LogP contribution in [0, 0.1) is 0 Å². The van der Waals surface area contributed by atoms with E-state index in [9.17, 15) is 9.59 Å². The molecule has 6 N–H and O–H groups in total. The van der Waals surface area contributed by atoms with Crippen molar-refractivity contribution in [1.82, 2.24) is 21.3 Å². The smallest absolute Gasteiger partial charge is 0.242 e. The van der Waals surface area contributed by atoms with Gasteiger partial charge in [0.05, 0.1) is 6.54 Å². The van der Waals surface area contributed by atoms with Crippen molar-refractivity contribution in [3.63, 3.8) is 0 Å². The summed E-state index contributed by atoms with van der Waals surface area (Å²) in [5.41, 5.74) is 5.46. The van der Waals surface area contributed by atoms with Crippen LogP contribution in [0.3, 0.4) is 0 Å². The first-order valence-electron chi connectivity index (χ1n) is 4.01. The Morgan fingerprint density at radius 1 is 1.31 bits per heavy atom. The fourth-order valence-electron chi connectivity index (χ4n) is 1.49. The molecule has 2 amide bonds. The van der Waals surface area contributed by atoms with Gasteiger partial charge in [-0.25, -0.2) is 0 Å². The Morgan fingerprint density at radius 2 is 2.08 bits per heavy atom. The van der Waals surface area contributed by atoms with E-state index in [1.807, 2.05) is 0 Å². The Bertz CT molecular complexity index is 255. The van der Waals surface area contributed by atoms with E-state index < -0.39 is 18.5 Å². The van der Waals surface area contributed by atoms with Crippen molar-refractivity contribution >= 4 is 11.8 Å². The lowest BCUT2D eigenvalue weighted by Gasteiger charge is -2.39. The molecule has 0 aromatic carbocycles. The number of nitrogens with two attached hydrogens (primary N) is 1. The summed E-state index contributed by atoms with van der Waals surface area (Å²) in [5.74, 6) is -0.341. The maximum atomic E-state index is 11.3. The van der Waals surface area contributed by atoms with Crippen molar-refractivity contribution in [2.24, 2.45) is 5.73 Å². The summed E-state index contributed by atoms with van der Waals surface area (Å²) in [6, 6.07) is -0.433. The highest BCUT2D eigenvalue weighted by Crippen LogP contribution is 2.00. The van der Waals surface area contributed by atoms with Crippen molar-refractivity contribution in [2.75, 3.05) is 6.54 Å². The van der Waals surface area contributed by atoms with Crippen LogP contribution in [-0.4, -0.2) is 36.9 Å². The Balaban J connectivity index is 2.10. The molecule has 0 aromatic rings. The predicted octanol–water partition coefficient (Wildman–Crippen LogP) is -3.64. The van der Waals surface area contributed by atoms with Crippen molar-refractivity contribution in [2.45, 2.75) is 18.5 Å². The highest BCUT2D eigenvalue weighted by atomic mass is 16.2. The number of piperazine rings is 1. The van der Waals surface area contributed by atoms with Crippen molar-refractivity contribution < 1.29 is 9.59 Å². The van der Waals surface area contributed by atoms with Crippen LogP contribution in [0.4, 0.5) is 0 Å². The van der Waals surface area contributed by atoms with E-state index in [1.54, 1.807) is 0 Å². The van der Waals surface area contributed by atoms with Crippen LogP contribution in [0.5, 0.6) is 0 Å². The molecule has 3 unspecified atom stereocenters. The van der Waals surface area contributed by atoms with Crippen LogP contribution in [0.1, 0.15) is 0 Å². The van der Waals surface area contributed by atoms with Gasteiger partial charge in [-0.2, -0.15) is 0 Å². The predicted molar refractivity (Wildman–Crippen MR) is 43.0 cm³/mol. The van der Waals surface area contributed by atoms with Gasteiger partial charge in [-0.05, 0) is 0 Å². The topological polar surface area (TPSA) is 108 Å². The van der Waals surface area contributed by atoms with Gasteiger partial charge in [-0.15, -0.1) is 0 Å². The molecular weight excluding hydrogens is 174 g/mol. The van der Waals surface area contributed by atoms with Crippen LogP contribution < -0.4 is 27.0 Å². The zero-order valence-electron chi connectivity index (χ0n) is 6.83. The molecule has 2 aliphatic rings. The first kappa shape index (κ1) is 8.42. The minimum atomic E-state index is -0.603. The molecule has 3 atom stereocenters. The number of amides is 2. The van der Waals surface area contributed by atoms with Crippen LogP contribution in [0.15, 0.2) is 0 Å². The largest absolute Gasteiger partial charge is 0.337 e. The standard InChI is InChI=1S/C6H11N5O2/c7-6-10-4-3(5(13)11-6)8-1-2(12)9-4/h3-4,6,8,10H,1,7H2,(H,9,12)(H,11,13). The molecule has 7 nitrogen and oxygen atoms in total. The minimum absolute atomic E-state index is 0.143. The van der Waals surface area contributed by atoms with Crippen LogP contribution >= 0.6 is 0 Å². The summed E-state index contributed by atoms with van der Waals surface area (Å²) in [7, 11) is 0. The molecule has 2 saturated heterocycles. The minimum Gasteiger partial charge on any atom is -0.337 e. The van der Waals surface area contributed by atoms with Gasteiger partial charge >= 0.3 is 0 Å². The van der Waals surface area contributed by atoms with Gasteiger partial charge in [0.2, 0.25) is 11.8 Å². The number of hydrogen-bond acceptors (Lipinski definition) is 5. The highest BCUT2D eigenvalue weighted by molar-refractivity contribution is 5.88. The van der Waals surface area contributed by atoms with Gasteiger partial charge in [0.25, 0.3) is 0 Å². The normalized spacial score (nSPS) is 39.0. The van der Waals surface area contributed by atoms with E-state index >= 15 is 0 Å². The summed E-state index contributed by atoms with van der Waals surface area (Å²) in [4.78, 5) is 22.2. The third-order valence-electron chi connectivity index (χ3n) is 2.07.